The number of hydrogen-bond acceptors (Lipinski definition) is 6. The molecule has 0 spiro atoms. The highest BCUT2D eigenvalue weighted by atomic mass is 32.2. The number of H-pyrrole nitrogens is 1. The average Bonchev–Trinajstić information content (AvgIpc) is 3.01. The van der Waals surface area contributed by atoms with Crippen molar-refractivity contribution in [2.45, 2.75) is 11.2 Å². The number of benzene rings is 1. The zero-order valence-electron chi connectivity index (χ0n) is 11.7. The van der Waals surface area contributed by atoms with Crippen LogP contribution in [0.1, 0.15) is 11.6 Å². The van der Waals surface area contributed by atoms with E-state index in [-0.39, 0.29) is 6.04 Å². The third kappa shape index (κ3) is 3.43. The van der Waals surface area contributed by atoms with Crippen LogP contribution >= 0.6 is 11.8 Å². The number of aromatic nitrogens is 3. The number of nitrogens with one attached hydrogen (secondary N) is 2. The quantitative estimate of drug-likeness (QED) is 0.760. The number of methoxy groups -OCH3 is 2. The highest BCUT2D eigenvalue weighted by molar-refractivity contribution is 7.99. The second kappa shape index (κ2) is 7.16. The van der Waals surface area contributed by atoms with Crippen molar-refractivity contribution in [1.82, 2.24) is 20.5 Å². The summed E-state index contributed by atoms with van der Waals surface area (Å²) in [4.78, 5) is 4.10. The molecular weight excluding hydrogens is 276 g/mol. The standard InChI is InChI=1S/C13H18N4O2S/c1-14-10(7-20-13-15-8-16-17-13)9-4-5-11(18-2)12(6-9)19-3/h4-6,8,10,14H,7H2,1-3H3,(H,15,16,17). The molecule has 108 valence electrons. The summed E-state index contributed by atoms with van der Waals surface area (Å²) < 4.78 is 10.6. The molecule has 7 heteroatoms. The van der Waals surface area contributed by atoms with E-state index in [4.69, 9.17) is 9.47 Å². The topological polar surface area (TPSA) is 72.1 Å². The Morgan fingerprint density at radius 3 is 2.70 bits per heavy atom. The van der Waals surface area contributed by atoms with Crippen LogP contribution in [0.15, 0.2) is 29.7 Å². The molecule has 2 aromatic rings. The minimum atomic E-state index is 0.185. The number of nitrogens with zero attached hydrogens (tertiary/aromatic N) is 2. The van der Waals surface area contributed by atoms with Gasteiger partial charge in [-0.25, -0.2) is 4.98 Å². The minimum absolute atomic E-state index is 0.185. The first-order valence-electron chi connectivity index (χ1n) is 6.15. The lowest BCUT2D eigenvalue weighted by Crippen LogP contribution is -2.18. The minimum Gasteiger partial charge on any atom is -0.493 e. The SMILES string of the molecule is CNC(CSc1ncn[nH]1)c1ccc(OC)c(OC)c1. The summed E-state index contributed by atoms with van der Waals surface area (Å²) in [5.74, 6) is 2.30. The summed E-state index contributed by atoms with van der Waals surface area (Å²) in [6.45, 7) is 0. The second-order valence-corrected chi connectivity index (χ2v) is 5.07. The monoisotopic (exact) mass is 294 g/mol. The zero-order chi connectivity index (χ0) is 14.4. The molecule has 2 N–H and O–H groups in total. The van der Waals surface area contributed by atoms with Gasteiger partial charge in [-0.15, -0.1) is 0 Å². The maximum Gasteiger partial charge on any atom is 0.183 e. The van der Waals surface area contributed by atoms with Crippen LogP contribution < -0.4 is 14.8 Å². The van der Waals surface area contributed by atoms with Crippen molar-refractivity contribution in [3.63, 3.8) is 0 Å². The molecule has 0 saturated carbocycles. The molecule has 0 bridgehead atoms. The Kier molecular flexibility index (Phi) is 5.25. The maximum atomic E-state index is 5.33. The predicted octanol–water partition coefficient (Wildman–Crippen LogP) is 1.87. The van der Waals surface area contributed by atoms with E-state index >= 15 is 0 Å². The van der Waals surface area contributed by atoms with Gasteiger partial charge in [-0.05, 0) is 24.7 Å². The number of rotatable bonds is 7. The van der Waals surface area contributed by atoms with Gasteiger partial charge in [-0.3, -0.25) is 5.10 Å². The molecule has 0 aliphatic rings. The molecule has 1 aromatic heterocycles. The van der Waals surface area contributed by atoms with Gasteiger partial charge in [0.2, 0.25) is 0 Å². The molecule has 1 heterocycles. The van der Waals surface area contributed by atoms with Crippen molar-refractivity contribution in [1.29, 1.82) is 0 Å². The van der Waals surface area contributed by atoms with Crippen molar-refractivity contribution in [3.8, 4) is 11.5 Å². The summed E-state index contributed by atoms with van der Waals surface area (Å²) in [6.07, 6.45) is 1.51. The Hall–Kier alpha value is -1.73. The van der Waals surface area contributed by atoms with E-state index in [1.165, 1.54) is 6.33 Å². The fraction of sp³-hybridized carbons (Fsp3) is 0.385. The Morgan fingerprint density at radius 1 is 1.30 bits per heavy atom. The van der Waals surface area contributed by atoms with Crippen LogP contribution in [0.4, 0.5) is 0 Å². The van der Waals surface area contributed by atoms with E-state index in [1.807, 2.05) is 25.2 Å². The number of hydrogen-bond donors (Lipinski definition) is 2. The van der Waals surface area contributed by atoms with Gasteiger partial charge in [0.25, 0.3) is 0 Å². The van der Waals surface area contributed by atoms with Crippen molar-refractivity contribution < 1.29 is 9.47 Å². The van der Waals surface area contributed by atoms with Crippen LogP contribution in [0.3, 0.4) is 0 Å². The van der Waals surface area contributed by atoms with Gasteiger partial charge in [-0.2, -0.15) is 5.10 Å². The summed E-state index contributed by atoms with van der Waals surface area (Å²) in [5, 5.41) is 10.8. The molecule has 0 amide bonds. The number of thioether (sulfide) groups is 1. The van der Waals surface area contributed by atoms with Crippen LogP contribution in [0.2, 0.25) is 0 Å². The van der Waals surface area contributed by atoms with E-state index in [1.54, 1.807) is 26.0 Å². The van der Waals surface area contributed by atoms with E-state index in [0.717, 1.165) is 28.0 Å². The molecular formula is C13H18N4O2S. The molecule has 0 radical (unpaired) electrons. The molecule has 20 heavy (non-hydrogen) atoms. The van der Waals surface area contributed by atoms with E-state index in [2.05, 4.69) is 20.5 Å². The zero-order valence-corrected chi connectivity index (χ0v) is 12.5. The molecule has 0 aliphatic heterocycles. The first kappa shape index (κ1) is 14.7. The van der Waals surface area contributed by atoms with Crippen LogP contribution in [-0.4, -0.2) is 42.2 Å². The molecule has 0 fully saturated rings. The lowest BCUT2D eigenvalue weighted by atomic mass is 10.1. The van der Waals surface area contributed by atoms with Gasteiger partial charge in [0, 0.05) is 11.8 Å². The number of aromatic amines is 1. The van der Waals surface area contributed by atoms with Gasteiger partial charge in [0.1, 0.15) is 6.33 Å². The van der Waals surface area contributed by atoms with Crippen molar-refractivity contribution >= 4 is 11.8 Å². The summed E-state index contributed by atoms with van der Waals surface area (Å²) in [7, 11) is 5.20. The largest absolute Gasteiger partial charge is 0.493 e. The fourth-order valence-corrected chi connectivity index (χ4v) is 2.76. The lowest BCUT2D eigenvalue weighted by molar-refractivity contribution is 0.354. The average molecular weight is 294 g/mol. The highest BCUT2D eigenvalue weighted by Gasteiger charge is 2.13. The van der Waals surface area contributed by atoms with Gasteiger partial charge in [0.05, 0.1) is 14.2 Å². The molecule has 2 rings (SSSR count). The van der Waals surface area contributed by atoms with Gasteiger partial charge < -0.3 is 14.8 Å². The van der Waals surface area contributed by atoms with Crippen LogP contribution in [0.5, 0.6) is 11.5 Å². The summed E-state index contributed by atoms with van der Waals surface area (Å²) in [5.41, 5.74) is 1.14. The summed E-state index contributed by atoms with van der Waals surface area (Å²) >= 11 is 1.61. The first-order chi connectivity index (χ1) is 9.78. The third-order valence-electron chi connectivity index (χ3n) is 2.94. The fourth-order valence-electron chi connectivity index (χ4n) is 1.84. The molecule has 1 unspecified atom stereocenters. The van der Waals surface area contributed by atoms with E-state index < -0.39 is 0 Å². The van der Waals surface area contributed by atoms with E-state index in [0.29, 0.717) is 0 Å². The highest BCUT2D eigenvalue weighted by Crippen LogP contribution is 2.31. The second-order valence-electron chi connectivity index (χ2n) is 4.06. The lowest BCUT2D eigenvalue weighted by Gasteiger charge is -2.17. The smallest absolute Gasteiger partial charge is 0.183 e. The van der Waals surface area contributed by atoms with Crippen LogP contribution in [-0.2, 0) is 0 Å². The normalized spacial score (nSPS) is 12.2. The van der Waals surface area contributed by atoms with Gasteiger partial charge in [-0.1, -0.05) is 17.8 Å². The first-order valence-corrected chi connectivity index (χ1v) is 7.14. The van der Waals surface area contributed by atoms with E-state index in [9.17, 15) is 0 Å². The number of ether oxygens (including phenoxy) is 2. The molecule has 0 saturated heterocycles. The van der Waals surface area contributed by atoms with Crippen LogP contribution in [0.25, 0.3) is 0 Å². The predicted molar refractivity (Wildman–Crippen MR) is 78.5 cm³/mol. The van der Waals surface area contributed by atoms with Crippen LogP contribution in [0, 0.1) is 0 Å². The van der Waals surface area contributed by atoms with Crippen molar-refractivity contribution in [2.75, 3.05) is 27.0 Å². The Bertz CT molecular complexity index is 533. The van der Waals surface area contributed by atoms with Gasteiger partial charge in [0.15, 0.2) is 16.7 Å². The molecule has 1 atom stereocenters. The molecule has 0 aliphatic carbocycles. The Labute approximate surface area is 122 Å². The third-order valence-corrected chi connectivity index (χ3v) is 3.91. The van der Waals surface area contributed by atoms with Crippen molar-refractivity contribution in [3.05, 3.63) is 30.1 Å². The van der Waals surface area contributed by atoms with Gasteiger partial charge >= 0.3 is 0 Å². The van der Waals surface area contributed by atoms with Crippen molar-refractivity contribution in [2.24, 2.45) is 0 Å². The molecule has 6 nitrogen and oxygen atoms in total. The maximum absolute atomic E-state index is 5.33. The Morgan fingerprint density at radius 2 is 2.10 bits per heavy atom. The Balaban J connectivity index is 2.10. The summed E-state index contributed by atoms with van der Waals surface area (Å²) in [6, 6.07) is 6.12. The molecule has 1 aromatic carbocycles.